The summed E-state index contributed by atoms with van der Waals surface area (Å²) < 4.78 is 9.70. The van der Waals surface area contributed by atoms with Gasteiger partial charge in [0.05, 0.1) is 26.1 Å². The topological polar surface area (TPSA) is 55.8 Å². The van der Waals surface area contributed by atoms with Gasteiger partial charge >= 0.3 is 11.9 Å². The summed E-state index contributed by atoms with van der Waals surface area (Å²) in [6.07, 6.45) is 2.39. The second-order valence-electron chi connectivity index (χ2n) is 3.70. The smallest absolute Gasteiger partial charge is 0.307 e. The van der Waals surface area contributed by atoms with Crippen LogP contribution in [0.1, 0.15) is 26.7 Å². The normalized spacial score (nSPS) is 10.2. The summed E-state index contributed by atoms with van der Waals surface area (Å²) in [6.45, 7) is 9.75. The van der Waals surface area contributed by atoms with E-state index in [0.717, 1.165) is 0 Å². The minimum absolute atomic E-state index is 0.220. The predicted octanol–water partition coefficient (Wildman–Crippen LogP) is 1.38. The SMILES string of the molecule is C=CCN(CCC(=O)OCC)CCC(=O)OCC. The van der Waals surface area contributed by atoms with Crippen LogP contribution < -0.4 is 0 Å². The standard InChI is InChI=1S/C13H23NO4/c1-4-9-14(10-7-12(15)17-5-2)11-8-13(16)18-6-3/h4H,1,5-11H2,2-3H3. The molecule has 0 aliphatic carbocycles. The van der Waals surface area contributed by atoms with Crippen molar-refractivity contribution in [1.82, 2.24) is 4.90 Å². The first-order valence-electron chi connectivity index (χ1n) is 6.28. The minimum atomic E-state index is -0.220. The third-order valence-corrected chi connectivity index (χ3v) is 2.26. The first-order valence-corrected chi connectivity index (χ1v) is 6.28. The zero-order chi connectivity index (χ0) is 13.8. The third-order valence-electron chi connectivity index (χ3n) is 2.26. The maximum atomic E-state index is 11.2. The van der Waals surface area contributed by atoms with Gasteiger partial charge in [-0.25, -0.2) is 0 Å². The zero-order valence-electron chi connectivity index (χ0n) is 11.3. The van der Waals surface area contributed by atoms with E-state index in [-0.39, 0.29) is 11.9 Å². The number of ether oxygens (including phenoxy) is 2. The summed E-state index contributed by atoms with van der Waals surface area (Å²) in [5.74, 6) is -0.439. The lowest BCUT2D eigenvalue weighted by molar-refractivity contribution is -0.143. The van der Waals surface area contributed by atoms with Crippen molar-refractivity contribution in [3.8, 4) is 0 Å². The second kappa shape index (κ2) is 10.8. The molecule has 0 aliphatic rings. The Morgan fingerprint density at radius 3 is 1.83 bits per heavy atom. The summed E-state index contributed by atoms with van der Waals surface area (Å²) in [7, 11) is 0. The zero-order valence-corrected chi connectivity index (χ0v) is 11.3. The van der Waals surface area contributed by atoms with Crippen LogP contribution in [0.2, 0.25) is 0 Å². The summed E-state index contributed by atoms with van der Waals surface area (Å²) >= 11 is 0. The van der Waals surface area contributed by atoms with Crippen molar-refractivity contribution in [2.45, 2.75) is 26.7 Å². The van der Waals surface area contributed by atoms with Gasteiger partial charge < -0.3 is 9.47 Å². The van der Waals surface area contributed by atoms with Crippen LogP contribution in [0, 0.1) is 0 Å². The Morgan fingerprint density at radius 1 is 1.06 bits per heavy atom. The summed E-state index contributed by atoms with van der Waals surface area (Å²) in [5.41, 5.74) is 0. The van der Waals surface area contributed by atoms with E-state index in [2.05, 4.69) is 6.58 Å². The molecule has 5 heteroatoms. The van der Waals surface area contributed by atoms with Crippen LogP contribution in [0.15, 0.2) is 12.7 Å². The Balaban J connectivity index is 3.94. The van der Waals surface area contributed by atoms with Gasteiger partial charge in [-0.3, -0.25) is 14.5 Å². The lowest BCUT2D eigenvalue weighted by Gasteiger charge is -2.19. The average molecular weight is 257 g/mol. The number of carbonyl (C=O) groups excluding carboxylic acids is 2. The number of hydrogen-bond acceptors (Lipinski definition) is 5. The largest absolute Gasteiger partial charge is 0.466 e. The molecule has 0 aromatic rings. The Bertz CT molecular complexity index is 244. The molecule has 104 valence electrons. The van der Waals surface area contributed by atoms with Crippen LogP contribution in [0.3, 0.4) is 0 Å². The van der Waals surface area contributed by atoms with Gasteiger partial charge in [-0.1, -0.05) is 6.08 Å². The van der Waals surface area contributed by atoms with E-state index >= 15 is 0 Å². The highest BCUT2D eigenvalue weighted by Crippen LogP contribution is 1.98. The molecule has 0 radical (unpaired) electrons. The van der Waals surface area contributed by atoms with Crippen LogP contribution >= 0.6 is 0 Å². The summed E-state index contributed by atoms with van der Waals surface area (Å²) in [5, 5.41) is 0. The van der Waals surface area contributed by atoms with Gasteiger partial charge in [0.2, 0.25) is 0 Å². The molecule has 0 aromatic carbocycles. The molecule has 0 N–H and O–H groups in total. The Morgan fingerprint density at radius 2 is 1.50 bits per heavy atom. The molecule has 5 nitrogen and oxygen atoms in total. The predicted molar refractivity (Wildman–Crippen MR) is 69.1 cm³/mol. The van der Waals surface area contributed by atoms with Crippen molar-refractivity contribution in [1.29, 1.82) is 0 Å². The van der Waals surface area contributed by atoms with Gasteiger partial charge in [0.15, 0.2) is 0 Å². The fourth-order valence-electron chi connectivity index (χ4n) is 1.44. The molecule has 0 fully saturated rings. The van der Waals surface area contributed by atoms with E-state index < -0.39 is 0 Å². The van der Waals surface area contributed by atoms with E-state index in [0.29, 0.717) is 45.7 Å². The molecular formula is C13H23NO4. The van der Waals surface area contributed by atoms with E-state index in [1.807, 2.05) is 4.90 Å². The molecular weight excluding hydrogens is 234 g/mol. The number of rotatable bonds is 10. The highest BCUT2D eigenvalue weighted by atomic mass is 16.5. The summed E-state index contributed by atoms with van der Waals surface area (Å²) in [6, 6.07) is 0. The van der Waals surface area contributed by atoms with Crippen LogP contribution in [-0.2, 0) is 19.1 Å². The molecule has 0 saturated heterocycles. The minimum Gasteiger partial charge on any atom is -0.466 e. The lowest BCUT2D eigenvalue weighted by atomic mass is 10.3. The van der Waals surface area contributed by atoms with Gasteiger partial charge in [-0.15, -0.1) is 6.58 Å². The van der Waals surface area contributed by atoms with Crippen LogP contribution in [0.25, 0.3) is 0 Å². The van der Waals surface area contributed by atoms with Crippen LogP contribution in [-0.4, -0.2) is 49.7 Å². The van der Waals surface area contributed by atoms with Crippen molar-refractivity contribution in [2.75, 3.05) is 32.8 Å². The average Bonchev–Trinajstić information content (AvgIpc) is 2.33. The van der Waals surface area contributed by atoms with E-state index in [9.17, 15) is 9.59 Å². The maximum Gasteiger partial charge on any atom is 0.307 e. The third kappa shape index (κ3) is 8.75. The number of esters is 2. The molecule has 0 unspecified atom stereocenters. The van der Waals surface area contributed by atoms with Crippen molar-refractivity contribution < 1.29 is 19.1 Å². The monoisotopic (exact) mass is 257 g/mol. The Hall–Kier alpha value is -1.36. The first kappa shape index (κ1) is 16.6. The molecule has 0 rings (SSSR count). The molecule has 0 atom stereocenters. The van der Waals surface area contributed by atoms with E-state index in [1.165, 1.54) is 0 Å². The second-order valence-corrected chi connectivity index (χ2v) is 3.70. The quantitative estimate of drug-likeness (QED) is 0.437. The molecule has 0 saturated carbocycles. The Kier molecular flexibility index (Phi) is 9.96. The molecule has 0 spiro atoms. The van der Waals surface area contributed by atoms with Crippen molar-refractivity contribution in [3.63, 3.8) is 0 Å². The van der Waals surface area contributed by atoms with Crippen molar-refractivity contribution >= 4 is 11.9 Å². The fraction of sp³-hybridized carbons (Fsp3) is 0.692. The number of carbonyl (C=O) groups is 2. The van der Waals surface area contributed by atoms with Crippen molar-refractivity contribution in [3.05, 3.63) is 12.7 Å². The van der Waals surface area contributed by atoms with Gasteiger partial charge in [0.1, 0.15) is 0 Å². The maximum absolute atomic E-state index is 11.2. The Labute approximate surface area is 109 Å². The van der Waals surface area contributed by atoms with Gasteiger partial charge in [0, 0.05) is 19.6 Å². The molecule has 18 heavy (non-hydrogen) atoms. The van der Waals surface area contributed by atoms with E-state index in [1.54, 1.807) is 19.9 Å². The lowest BCUT2D eigenvalue weighted by Crippen LogP contribution is -2.29. The van der Waals surface area contributed by atoms with Gasteiger partial charge in [-0.2, -0.15) is 0 Å². The molecule has 0 aliphatic heterocycles. The number of hydrogen-bond donors (Lipinski definition) is 0. The fourth-order valence-corrected chi connectivity index (χ4v) is 1.44. The molecule has 0 bridgehead atoms. The molecule has 0 aromatic heterocycles. The van der Waals surface area contributed by atoms with E-state index in [4.69, 9.17) is 9.47 Å². The van der Waals surface area contributed by atoms with Crippen LogP contribution in [0.4, 0.5) is 0 Å². The molecule has 0 amide bonds. The van der Waals surface area contributed by atoms with Gasteiger partial charge in [0.25, 0.3) is 0 Å². The highest BCUT2D eigenvalue weighted by molar-refractivity contribution is 5.70. The molecule has 0 heterocycles. The summed E-state index contributed by atoms with van der Waals surface area (Å²) in [4.78, 5) is 24.4. The number of nitrogens with zero attached hydrogens (tertiary/aromatic N) is 1. The first-order chi connectivity index (χ1) is 8.63. The van der Waals surface area contributed by atoms with Gasteiger partial charge in [-0.05, 0) is 13.8 Å². The highest BCUT2D eigenvalue weighted by Gasteiger charge is 2.10. The van der Waals surface area contributed by atoms with Crippen molar-refractivity contribution in [2.24, 2.45) is 0 Å². The van der Waals surface area contributed by atoms with Crippen LogP contribution in [0.5, 0.6) is 0 Å².